The number of amides is 1. The molecule has 0 saturated carbocycles. The van der Waals surface area contributed by atoms with Crippen LogP contribution in [-0.4, -0.2) is 28.9 Å². The third kappa shape index (κ3) is 3.61. The van der Waals surface area contributed by atoms with Crippen LogP contribution >= 0.6 is 23.1 Å². The molecule has 2 rings (SSSR count). The van der Waals surface area contributed by atoms with E-state index >= 15 is 0 Å². The van der Waals surface area contributed by atoms with Crippen LogP contribution in [0.3, 0.4) is 0 Å². The second-order valence-corrected chi connectivity index (χ2v) is 5.52. The zero-order valence-corrected chi connectivity index (χ0v) is 12.3. The summed E-state index contributed by atoms with van der Waals surface area (Å²) in [6.07, 6.45) is 3.50. The standard InChI is InChI=1S/C14H12N2O2S2/c1-19-12-7-3-2-6-11(12)13(18)16-14-15-9-10(20-14)5-4-8-17/h2-3,6-7,9,17H,8H2,1H3,(H,15,16,18). The molecule has 0 aliphatic carbocycles. The van der Waals surface area contributed by atoms with E-state index in [1.807, 2.05) is 24.5 Å². The second-order valence-electron chi connectivity index (χ2n) is 3.64. The zero-order valence-electron chi connectivity index (χ0n) is 10.7. The van der Waals surface area contributed by atoms with Gasteiger partial charge >= 0.3 is 0 Å². The molecule has 0 atom stereocenters. The summed E-state index contributed by atoms with van der Waals surface area (Å²) in [4.78, 5) is 17.9. The molecule has 2 N–H and O–H groups in total. The van der Waals surface area contributed by atoms with Crippen molar-refractivity contribution in [3.63, 3.8) is 0 Å². The molecule has 0 fully saturated rings. The molecule has 1 heterocycles. The second kappa shape index (κ2) is 7.10. The Bertz CT molecular complexity index is 671. The molecule has 0 spiro atoms. The smallest absolute Gasteiger partial charge is 0.258 e. The molecule has 0 saturated heterocycles. The molecule has 6 heteroatoms. The van der Waals surface area contributed by atoms with Crippen LogP contribution in [0.15, 0.2) is 35.4 Å². The van der Waals surface area contributed by atoms with Crippen molar-refractivity contribution in [1.29, 1.82) is 0 Å². The third-order valence-corrected chi connectivity index (χ3v) is 3.99. The van der Waals surface area contributed by atoms with E-state index in [0.717, 1.165) is 4.90 Å². The van der Waals surface area contributed by atoms with E-state index in [2.05, 4.69) is 22.1 Å². The molecule has 0 unspecified atom stereocenters. The van der Waals surface area contributed by atoms with Crippen molar-refractivity contribution in [1.82, 2.24) is 4.98 Å². The van der Waals surface area contributed by atoms with E-state index in [-0.39, 0.29) is 12.5 Å². The zero-order chi connectivity index (χ0) is 14.4. The topological polar surface area (TPSA) is 62.2 Å². The van der Waals surface area contributed by atoms with E-state index in [1.165, 1.54) is 23.1 Å². The molecule has 4 nitrogen and oxygen atoms in total. The highest BCUT2D eigenvalue weighted by molar-refractivity contribution is 7.98. The minimum absolute atomic E-state index is 0.189. The van der Waals surface area contributed by atoms with E-state index in [9.17, 15) is 4.79 Å². The van der Waals surface area contributed by atoms with Crippen LogP contribution in [0.4, 0.5) is 5.13 Å². The minimum atomic E-state index is -0.194. The van der Waals surface area contributed by atoms with Gasteiger partial charge in [0.15, 0.2) is 5.13 Å². The number of hydrogen-bond donors (Lipinski definition) is 2. The number of nitrogens with zero attached hydrogens (tertiary/aromatic N) is 1. The Balaban J connectivity index is 2.13. The normalized spacial score (nSPS) is 9.70. The summed E-state index contributed by atoms with van der Waals surface area (Å²) < 4.78 is 0. The number of benzene rings is 1. The summed E-state index contributed by atoms with van der Waals surface area (Å²) in [7, 11) is 0. The lowest BCUT2D eigenvalue weighted by Crippen LogP contribution is -2.12. The monoisotopic (exact) mass is 304 g/mol. The minimum Gasteiger partial charge on any atom is -0.384 e. The molecule has 1 amide bonds. The first-order valence-electron chi connectivity index (χ1n) is 5.74. The molecular formula is C14H12N2O2S2. The number of carbonyl (C=O) groups excluding carboxylic acids is 1. The van der Waals surface area contributed by atoms with Gasteiger partial charge in [-0.3, -0.25) is 10.1 Å². The molecule has 0 bridgehead atoms. The number of carbonyl (C=O) groups is 1. The van der Waals surface area contributed by atoms with Gasteiger partial charge in [0.25, 0.3) is 5.91 Å². The Kier molecular flexibility index (Phi) is 5.18. The average molecular weight is 304 g/mol. The van der Waals surface area contributed by atoms with Crippen LogP contribution in [-0.2, 0) is 0 Å². The van der Waals surface area contributed by atoms with Crippen molar-refractivity contribution in [2.24, 2.45) is 0 Å². The summed E-state index contributed by atoms with van der Waals surface area (Å²) in [5.41, 5.74) is 0.623. The Morgan fingerprint density at radius 1 is 1.50 bits per heavy atom. The largest absolute Gasteiger partial charge is 0.384 e. The van der Waals surface area contributed by atoms with Gasteiger partial charge in [0, 0.05) is 4.90 Å². The van der Waals surface area contributed by atoms with Gasteiger partial charge in [-0.2, -0.15) is 0 Å². The average Bonchev–Trinajstić information content (AvgIpc) is 2.92. The predicted molar refractivity (Wildman–Crippen MR) is 82.3 cm³/mol. The lowest BCUT2D eigenvalue weighted by atomic mass is 10.2. The van der Waals surface area contributed by atoms with Crippen molar-refractivity contribution >= 4 is 34.1 Å². The first-order valence-corrected chi connectivity index (χ1v) is 7.78. The highest BCUT2D eigenvalue weighted by atomic mass is 32.2. The van der Waals surface area contributed by atoms with Gasteiger partial charge < -0.3 is 5.11 Å². The van der Waals surface area contributed by atoms with Crippen molar-refractivity contribution in [3.05, 3.63) is 40.9 Å². The van der Waals surface area contributed by atoms with Crippen molar-refractivity contribution < 1.29 is 9.90 Å². The molecule has 1 aromatic heterocycles. The molecule has 0 radical (unpaired) electrons. The van der Waals surface area contributed by atoms with Gasteiger partial charge in [-0.15, -0.1) is 11.8 Å². The number of aliphatic hydroxyl groups excluding tert-OH is 1. The number of nitrogens with one attached hydrogen (secondary N) is 1. The molecule has 2 aromatic rings. The maximum atomic E-state index is 12.2. The first-order chi connectivity index (χ1) is 9.74. The molecule has 0 aliphatic rings. The number of aliphatic hydroxyl groups is 1. The summed E-state index contributed by atoms with van der Waals surface area (Å²) in [6, 6.07) is 7.41. The fourth-order valence-corrected chi connectivity index (χ4v) is 2.79. The fourth-order valence-electron chi connectivity index (χ4n) is 1.51. The highest BCUT2D eigenvalue weighted by Crippen LogP contribution is 2.22. The van der Waals surface area contributed by atoms with Gasteiger partial charge in [-0.05, 0) is 18.4 Å². The van der Waals surface area contributed by atoms with Crippen LogP contribution in [0.1, 0.15) is 15.2 Å². The maximum Gasteiger partial charge on any atom is 0.258 e. The number of hydrogen-bond acceptors (Lipinski definition) is 5. The highest BCUT2D eigenvalue weighted by Gasteiger charge is 2.12. The van der Waals surface area contributed by atoms with Crippen LogP contribution in [0.25, 0.3) is 0 Å². The number of aromatic nitrogens is 1. The Labute approximate surface area is 125 Å². The van der Waals surface area contributed by atoms with Crippen molar-refractivity contribution in [2.45, 2.75) is 4.90 Å². The SMILES string of the molecule is CSc1ccccc1C(=O)Nc1ncc(C#CCO)s1. The van der Waals surface area contributed by atoms with E-state index in [0.29, 0.717) is 15.6 Å². The third-order valence-electron chi connectivity index (χ3n) is 2.37. The van der Waals surface area contributed by atoms with Gasteiger partial charge in [0.05, 0.1) is 16.6 Å². The number of thioether (sulfide) groups is 1. The first kappa shape index (κ1) is 14.6. The molecule has 1 aromatic carbocycles. The van der Waals surface area contributed by atoms with Crippen molar-refractivity contribution in [3.8, 4) is 11.8 Å². The predicted octanol–water partition coefficient (Wildman–Crippen LogP) is 2.46. The van der Waals surface area contributed by atoms with Crippen LogP contribution < -0.4 is 5.32 Å². The molecule has 0 aliphatic heterocycles. The summed E-state index contributed by atoms with van der Waals surface area (Å²) in [5, 5.41) is 11.9. The number of anilines is 1. The number of rotatable bonds is 3. The van der Waals surface area contributed by atoms with Gasteiger partial charge in [-0.1, -0.05) is 35.3 Å². The number of thiazole rings is 1. The summed E-state index contributed by atoms with van der Waals surface area (Å²) >= 11 is 2.80. The lowest BCUT2D eigenvalue weighted by Gasteiger charge is -2.05. The molecule has 102 valence electrons. The Morgan fingerprint density at radius 2 is 2.30 bits per heavy atom. The van der Waals surface area contributed by atoms with E-state index < -0.39 is 0 Å². The van der Waals surface area contributed by atoms with Crippen molar-refractivity contribution in [2.75, 3.05) is 18.2 Å². The van der Waals surface area contributed by atoms with Gasteiger partial charge in [0.1, 0.15) is 6.61 Å². The Hall–Kier alpha value is -1.81. The molecular weight excluding hydrogens is 292 g/mol. The lowest BCUT2D eigenvalue weighted by molar-refractivity contribution is 0.102. The summed E-state index contributed by atoms with van der Waals surface area (Å²) in [6.45, 7) is -0.194. The van der Waals surface area contributed by atoms with E-state index in [4.69, 9.17) is 5.11 Å². The Morgan fingerprint density at radius 3 is 3.05 bits per heavy atom. The maximum absolute atomic E-state index is 12.2. The van der Waals surface area contributed by atoms with Gasteiger partial charge in [-0.25, -0.2) is 4.98 Å². The van der Waals surface area contributed by atoms with Crippen LogP contribution in [0, 0.1) is 11.8 Å². The molecule has 20 heavy (non-hydrogen) atoms. The van der Waals surface area contributed by atoms with E-state index in [1.54, 1.807) is 12.3 Å². The summed E-state index contributed by atoms with van der Waals surface area (Å²) in [5.74, 6) is 5.10. The van der Waals surface area contributed by atoms with Crippen LogP contribution in [0.5, 0.6) is 0 Å². The quantitative estimate of drug-likeness (QED) is 0.675. The van der Waals surface area contributed by atoms with Gasteiger partial charge in [0.2, 0.25) is 0 Å². The fraction of sp³-hybridized carbons (Fsp3) is 0.143. The van der Waals surface area contributed by atoms with Crippen LogP contribution in [0.2, 0.25) is 0 Å².